The highest BCUT2D eigenvalue weighted by Gasteiger charge is 2.22. The molecule has 0 bridgehead atoms. The van der Waals surface area contributed by atoms with Crippen LogP contribution in [0.15, 0.2) is 42.7 Å². The molecule has 4 rings (SSSR count). The summed E-state index contributed by atoms with van der Waals surface area (Å²) in [6, 6.07) is 12.1. The fraction of sp³-hybridized carbons (Fsp3) is 0.176. The van der Waals surface area contributed by atoms with Crippen molar-refractivity contribution >= 4 is 39.3 Å². The molecule has 1 aliphatic carbocycles. The highest BCUT2D eigenvalue weighted by atomic mass is 127. The first kappa shape index (κ1) is 13.8. The summed E-state index contributed by atoms with van der Waals surface area (Å²) in [5, 5.41) is 14.2. The fourth-order valence-electron chi connectivity index (χ4n) is 3.04. The average molecular weight is 403 g/mol. The SMILES string of the molecule is Oc1ccc2c(c1)CC(Nc1ncnc3ccc(I)cc13)C2. The van der Waals surface area contributed by atoms with Crippen LogP contribution in [0.3, 0.4) is 0 Å². The van der Waals surface area contributed by atoms with Gasteiger partial charge in [-0.1, -0.05) is 6.07 Å². The molecule has 0 radical (unpaired) electrons. The van der Waals surface area contributed by atoms with Crippen molar-refractivity contribution in [3.8, 4) is 5.75 Å². The van der Waals surface area contributed by atoms with E-state index in [1.165, 1.54) is 14.7 Å². The minimum absolute atomic E-state index is 0.299. The monoisotopic (exact) mass is 403 g/mol. The number of nitrogens with zero attached hydrogens (tertiary/aromatic N) is 2. The molecule has 2 aromatic carbocycles. The number of anilines is 1. The summed E-state index contributed by atoms with van der Waals surface area (Å²) < 4.78 is 1.17. The van der Waals surface area contributed by atoms with Crippen LogP contribution in [0.4, 0.5) is 5.82 Å². The minimum atomic E-state index is 0.299. The van der Waals surface area contributed by atoms with Gasteiger partial charge in [-0.05, 0) is 76.9 Å². The Balaban J connectivity index is 1.64. The molecule has 1 atom stereocenters. The van der Waals surface area contributed by atoms with Crippen LogP contribution >= 0.6 is 22.6 Å². The maximum atomic E-state index is 9.60. The molecule has 0 saturated heterocycles. The summed E-state index contributed by atoms with van der Waals surface area (Å²) in [4.78, 5) is 8.74. The van der Waals surface area contributed by atoms with Crippen LogP contribution in [0.2, 0.25) is 0 Å². The number of nitrogens with one attached hydrogen (secondary N) is 1. The molecule has 0 amide bonds. The Labute approximate surface area is 141 Å². The predicted molar refractivity (Wildman–Crippen MR) is 95.2 cm³/mol. The highest BCUT2D eigenvalue weighted by molar-refractivity contribution is 14.1. The number of aromatic hydroxyl groups is 1. The zero-order valence-corrected chi connectivity index (χ0v) is 13.9. The molecule has 1 aromatic heterocycles. The molecule has 0 fully saturated rings. The average Bonchev–Trinajstić information content (AvgIpc) is 2.89. The second-order valence-electron chi connectivity index (χ2n) is 5.59. The fourth-order valence-corrected chi connectivity index (χ4v) is 3.54. The second kappa shape index (κ2) is 5.39. The number of hydrogen-bond acceptors (Lipinski definition) is 4. The van der Waals surface area contributed by atoms with Crippen LogP contribution < -0.4 is 5.32 Å². The Morgan fingerprint density at radius 3 is 2.82 bits per heavy atom. The van der Waals surface area contributed by atoms with Gasteiger partial charge in [0.15, 0.2) is 0 Å². The van der Waals surface area contributed by atoms with Crippen molar-refractivity contribution in [3.05, 3.63) is 57.4 Å². The Morgan fingerprint density at radius 1 is 1.05 bits per heavy atom. The standard InChI is InChI=1S/C17H14IN3O/c18-12-2-4-16-15(8-12)17(20-9-19-16)21-13-5-10-1-3-14(22)7-11(10)6-13/h1-4,7-9,13,22H,5-6H2,(H,19,20,21). The molecule has 1 unspecified atom stereocenters. The van der Waals surface area contributed by atoms with Gasteiger partial charge in [-0.3, -0.25) is 0 Å². The summed E-state index contributed by atoms with van der Waals surface area (Å²) in [6.07, 6.45) is 3.45. The van der Waals surface area contributed by atoms with E-state index in [1.807, 2.05) is 24.3 Å². The lowest BCUT2D eigenvalue weighted by atomic mass is 10.1. The van der Waals surface area contributed by atoms with Crippen molar-refractivity contribution in [3.63, 3.8) is 0 Å². The van der Waals surface area contributed by atoms with Gasteiger partial charge >= 0.3 is 0 Å². The number of halogens is 1. The van der Waals surface area contributed by atoms with Crippen LogP contribution in [-0.4, -0.2) is 21.1 Å². The van der Waals surface area contributed by atoms with Gasteiger partial charge in [-0.2, -0.15) is 0 Å². The van der Waals surface area contributed by atoms with Crippen molar-refractivity contribution in [2.75, 3.05) is 5.32 Å². The third-order valence-electron chi connectivity index (χ3n) is 4.06. The van der Waals surface area contributed by atoms with Crippen molar-refractivity contribution in [2.24, 2.45) is 0 Å². The highest BCUT2D eigenvalue weighted by Crippen LogP contribution is 2.29. The maximum absolute atomic E-state index is 9.60. The van der Waals surface area contributed by atoms with Crippen LogP contribution in [0.1, 0.15) is 11.1 Å². The van der Waals surface area contributed by atoms with E-state index >= 15 is 0 Å². The molecular weight excluding hydrogens is 389 g/mol. The summed E-state index contributed by atoms with van der Waals surface area (Å²) in [6.45, 7) is 0. The van der Waals surface area contributed by atoms with E-state index in [1.54, 1.807) is 12.4 Å². The van der Waals surface area contributed by atoms with Gasteiger partial charge in [0.2, 0.25) is 0 Å². The van der Waals surface area contributed by atoms with Crippen LogP contribution in [0, 0.1) is 3.57 Å². The van der Waals surface area contributed by atoms with Crippen LogP contribution in [0.5, 0.6) is 5.75 Å². The first-order valence-corrected chi connectivity index (χ1v) is 8.24. The number of rotatable bonds is 2. The van der Waals surface area contributed by atoms with E-state index < -0.39 is 0 Å². The van der Waals surface area contributed by atoms with E-state index in [2.05, 4.69) is 43.9 Å². The zero-order valence-electron chi connectivity index (χ0n) is 11.8. The molecule has 22 heavy (non-hydrogen) atoms. The van der Waals surface area contributed by atoms with Gasteiger partial charge in [0.25, 0.3) is 0 Å². The van der Waals surface area contributed by atoms with E-state index in [4.69, 9.17) is 0 Å². The van der Waals surface area contributed by atoms with Crippen LogP contribution in [-0.2, 0) is 12.8 Å². The lowest BCUT2D eigenvalue weighted by molar-refractivity contribution is 0.474. The summed E-state index contributed by atoms with van der Waals surface area (Å²) in [5.74, 6) is 1.21. The number of phenolic OH excluding ortho intramolecular Hbond substituents is 1. The van der Waals surface area contributed by atoms with Crippen molar-refractivity contribution < 1.29 is 5.11 Å². The van der Waals surface area contributed by atoms with Gasteiger partial charge in [0.1, 0.15) is 17.9 Å². The predicted octanol–water partition coefficient (Wildman–Crippen LogP) is 3.52. The van der Waals surface area contributed by atoms with E-state index in [-0.39, 0.29) is 0 Å². The lowest BCUT2D eigenvalue weighted by Gasteiger charge is -2.14. The number of phenols is 1. The van der Waals surface area contributed by atoms with E-state index in [9.17, 15) is 5.11 Å². The van der Waals surface area contributed by atoms with E-state index in [0.717, 1.165) is 29.6 Å². The number of aromatic nitrogens is 2. The third kappa shape index (κ3) is 2.49. The summed E-state index contributed by atoms with van der Waals surface area (Å²) >= 11 is 2.30. The molecular formula is C17H14IN3O. The Hall–Kier alpha value is -1.89. The molecule has 3 aromatic rings. The Bertz CT molecular complexity index is 866. The second-order valence-corrected chi connectivity index (χ2v) is 6.83. The molecule has 1 heterocycles. The van der Waals surface area contributed by atoms with E-state index in [0.29, 0.717) is 11.8 Å². The van der Waals surface area contributed by atoms with Crippen molar-refractivity contribution in [1.82, 2.24) is 9.97 Å². The zero-order chi connectivity index (χ0) is 15.1. The molecule has 5 heteroatoms. The molecule has 110 valence electrons. The van der Waals surface area contributed by atoms with Crippen LogP contribution in [0.25, 0.3) is 10.9 Å². The Morgan fingerprint density at radius 2 is 1.91 bits per heavy atom. The minimum Gasteiger partial charge on any atom is -0.508 e. The molecule has 1 aliphatic rings. The molecule has 2 N–H and O–H groups in total. The smallest absolute Gasteiger partial charge is 0.137 e. The number of fused-ring (bicyclic) bond motifs is 2. The quantitative estimate of drug-likeness (QED) is 0.643. The lowest BCUT2D eigenvalue weighted by Crippen LogP contribution is -2.20. The summed E-state index contributed by atoms with van der Waals surface area (Å²) in [5.41, 5.74) is 3.46. The first-order valence-electron chi connectivity index (χ1n) is 7.16. The Kier molecular flexibility index (Phi) is 3.37. The summed E-state index contributed by atoms with van der Waals surface area (Å²) in [7, 11) is 0. The van der Waals surface area contributed by atoms with Gasteiger partial charge in [-0.25, -0.2) is 9.97 Å². The van der Waals surface area contributed by atoms with Gasteiger partial charge in [-0.15, -0.1) is 0 Å². The number of hydrogen-bond donors (Lipinski definition) is 2. The molecule has 0 saturated carbocycles. The molecule has 0 spiro atoms. The largest absolute Gasteiger partial charge is 0.508 e. The topological polar surface area (TPSA) is 58.0 Å². The molecule has 0 aliphatic heterocycles. The van der Waals surface area contributed by atoms with Crippen molar-refractivity contribution in [2.45, 2.75) is 18.9 Å². The van der Waals surface area contributed by atoms with Gasteiger partial charge in [0, 0.05) is 15.0 Å². The number of benzene rings is 2. The maximum Gasteiger partial charge on any atom is 0.137 e. The van der Waals surface area contributed by atoms with Crippen molar-refractivity contribution in [1.29, 1.82) is 0 Å². The van der Waals surface area contributed by atoms with Gasteiger partial charge in [0.05, 0.1) is 5.52 Å². The van der Waals surface area contributed by atoms with Gasteiger partial charge < -0.3 is 10.4 Å². The first-order chi connectivity index (χ1) is 10.7. The third-order valence-corrected chi connectivity index (χ3v) is 4.73. The molecule has 4 nitrogen and oxygen atoms in total. The normalized spacial score (nSPS) is 16.7.